The van der Waals surface area contributed by atoms with Gasteiger partial charge in [-0.2, -0.15) is 0 Å². The van der Waals surface area contributed by atoms with Crippen LogP contribution in [0.25, 0.3) is 0 Å². The van der Waals surface area contributed by atoms with Crippen molar-refractivity contribution in [3.8, 4) is 0 Å². The van der Waals surface area contributed by atoms with E-state index in [-0.39, 0.29) is 0 Å². The first-order valence-electron chi connectivity index (χ1n) is 6.12. The third-order valence-corrected chi connectivity index (χ3v) is 3.62. The standard InChI is InChI=1S/C13H27N/c1-12(2,3)9-10-13(11-14-4)7-5-6-8-13/h14H,5-11H2,1-4H3. The highest BCUT2D eigenvalue weighted by molar-refractivity contribution is 4.87. The van der Waals surface area contributed by atoms with E-state index in [1.54, 1.807) is 0 Å². The van der Waals surface area contributed by atoms with Crippen LogP contribution in [0.1, 0.15) is 59.3 Å². The Balaban J connectivity index is 2.43. The van der Waals surface area contributed by atoms with Crippen LogP contribution < -0.4 is 5.32 Å². The first-order valence-corrected chi connectivity index (χ1v) is 6.12. The fourth-order valence-electron chi connectivity index (χ4n) is 2.66. The molecule has 0 amide bonds. The van der Waals surface area contributed by atoms with Crippen LogP contribution in [0.3, 0.4) is 0 Å². The molecule has 0 aromatic heterocycles. The number of nitrogens with one attached hydrogen (secondary N) is 1. The van der Waals surface area contributed by atoms with Crippen LogP contribution in [0, 0.1) is 10.8 Å². The molecule has 1 N–H and O–H groups in total. The molecule has 0 atom stereocenters. The van der Waals surface area contributed by atoms with Crippen molar-refractivity contribution in [1.29, 1.82) is 0 Å². The number of rotatable bonds is 4. The predicted octanol–water partition coefficient (Wildman–Crippen LogP) is 3.59. The first-order chi connectivity index (χ1) is 6.47. The summed E-state index contributed by atoms with van der Waals surface area (Å²) in [4.78, 5) is 0. The summed E-state index contributed by atoms with van der Waals surface area (Å²) < 4.78 is 0. The Hall–Kier alpha value is -0.0400. The lowest BCUT2D eigenvalue weighted by molar-refractivity contribution is 0.214. The molecule has 1 saturated carbocycles. The van der Waals surface area contributed by atoms with Crippen LogP contribution in [0.4, 0.5) is 0 Å². The quantitative estimate of drug-likeness (QED) is 0.726. The van der Waals surface area contributed by atoms with Crippen molar-refractivity contribution >= 4 is 0 Å². The summed E-state index contributed by atoms with van der Waals surface area (Å²) in [5, 5.41) is 3.39. The van der Waals surface area contributed by atoms with Gasteiger partial charge >= 0.3 is 0 Å². The highest BCUT2D eigenvalue weighted by Gasteiger charge is 2.33. The Kier molecular flexibility index (Phi) is 4.00. The Morgan fingerprint density at radius 3 is 2.14 bits per heavy atom. The smallest absolute Gasteiger partial charge is 0.000481 e. The summed E-state index contributed by atoms with van der Waals surface area (Å²) in [5.74, 6) is 0. The molecular weight excluding hydrogens is 170 g/mol. The van der Waals surface area contributed by atoms with Crippen molar-refractivity contribution in [3.63, 3.8) is 0 Å². The molecule has 1 rings (SSSR count). The van der Waals surface area contributed by atoms with Crippen molar-refractivity contribution in [2.24, 2.45) is 10.8 Å². The number of hydrogen-bond donors (Lipinski definition) is 1. The Labute approximate surface area is 89.7 Å². The summed E-state index contributed by atoms with van der Waals surface area (Å²) in [6.07, 6.45) is 8.58. The fourth-order valence-corrected chi connectivity index (χ4v) is 2.66. The molecular formula is C13H27N. The summed E-state index contributed by atoms with van der Waals surface area (Å²) >= 11 is 0. The van der Waals surface area contributed by atoms with Gasteiger partial charge in [-0.25, -0.2) is 0 Å². The molecule has 0 spiro atoms. The minimum atomic E-state index is 0.503. The zero-order valence-electron chi connectivity index (χ0n) is 10.4. The molecule has 0 radical (unpaired) electrons. The molecule has 1 fully saturated rings. The zero-order chi connectivity index (χ0) is 10.7. The van der Waals surface area contributed by atoms with Crippen LogP contribution in [0.5, 0.6) is 0 Å². The van der Waals surface area contributed by atoms with Gasteiger partial charge in [0.05, 0.1) is 0 Å². The molecule has 1 heteroatoms. The van der Waals surface area contributed by atoms with Gasteiger partial charge < -0.3 is 5.32 Å². The van der Waals surface area contributed by atoms with Crippen molar-refractivity contribution in [3.05, 3.63) is 0 Å². The molecule has 14 heavy (non-hydrogen) atoms. The highest BCUT2D eigenvalue weighted by atomic mass is 14.8. The average molecular weight is 197 g/mol. The summed E-state index contributed by atoms with van der Waals surface area (Å²) in [6.45, 7) is 8.29. The maximum absolute atomic E-state index is 3.39. The topological polar surface area (TPSA) is 12.0 Å². The van der Waals surface area contributed by atoms with E-state index in [1.807, 2.05) is 0 Å². The van der Waals surface area contributed by atoms with E-state index >= 15 is 0 Å². The van der Waals surface area contributed by atoms with Crippen LogP contribution >= 0.6 is 0 Å². The normalized spacial score (nSPS) is 21.4. The lowest BCUT2D eigenvalue weighted by Crippen LogP contribution is -2.31. The average Bonchev–Trinajstić information content (AvgIpc) is 2.50. The van der Waals surface area contributed by atoms with Crippen LogP contribution in [-0.4, -0.2) is 13.6 Å². The fraction of sp³-hybridized carbons (Fsp3) is 1.00. The zero-order valence-corrected chi connectivity index (χ0v) is 10.4. The minimum Gasteiger partial charge on any atom is -0.319 e. The molecule has 1 aliphatic rings. The molecule has 0 unspecified atom stereocenters. The van der Waals surface area contributed by atoms with Crippen LogP contribution in [-0.2, 0) is 0 Å². The monoisotopic (exact) mass is 197 g/mol. The minimum absolute atomic E-state index is 0.503. The summed E-state index contributed by atoms with van der Waals surface area (Å²) in [6, 6.07) is 0. The van der Waals surface area contributed by atoms with E-state index in [1.165, 1.54) is 45.1 Å². The van der Waals surface area contributed by atoms with Crippen LogP contribution in [0.15, 0.2) is 0 Å². The van der Waals surface area contributed by atoms with E-state index in [0.29, 0.717) is 10.8 Å². The second kappa shape index (κ2) is 4.65. The maximum atomic E-state index is 3.39. The van der Waals surface area contributed by atoms with Crippen molar-refractivity contribution in [2.75, 3.05) is 13.6 Å². The van der Waals surface area contributed by atoms with Gasteiger partial charge in [-0.15, -0.1) is 0 Å². The van der Waals surface area contributed by atoms with E-state index < -0.39 is 0 Å². The predicted molar refractivity (Wildman–Crippen MR) is 63.5 cm³/mol. The van der Waals surface area contributed by atoms with Gasteiger partial charge in [-0.1, -0.05) is 33.6 Å². The molecule has 0 aromatic rings. The SMILES string of the molecule is CNCC1(CCC(C)(C)C)CCCC1. The Bertz CT molecular complexity index is 161. The first kappa shape index (κ1) is 12.0. The lowest BCUT2D eigenvalue weighted by Gasteiger charge is -2.32. The third kappa shape index (κ3) is 3.61. The van der Waals surface area contributed by atoms with E-state index in [9.17, 15) is 0 Å². The van der Waals surface area contributed by atoms with Gasteiger partial charge in [0.25, 0.3) is 0 Å². The van der Waals surface area contributed by atoms with E-state index in [4.69, 9.17) is 0 Å². The molecule has 1 nitrogen and oxygen atoms in total. The van der Waals surface area contributed by atoms with Crippen molar-refractivity contribution in [1.82, 2.24) is 5.32 Å². The summed E-state index contributed by atoms with van der Waals surface area (Å²) in [5.41, 5.74) is 1.14. The highest BCUT2D eigenvalue weighted by Crippen LogP contribution is 2.43. The van der Waals surface area contributed by atoms with E-state index in [2.05, 4.69) is 33.1 Å². The van der Waals surface area contributed by atoms with Crippen molar-refractivity contribution in [2.45, 2.75) is 59.3 Å². The van der Waals surface area contributed by atoms with Gasteiger partial charge in [-0.3, -0.25) is 0 Å². The summed E-state index contributed by atoms with van der Waals surface area (Å²) in [7, 11) is 2.09. The maximum Gasteiger partial charge on any atom is 0.000481 e. The second-order valence-electron chi connectivity index (χ2n) is 6.30. The second-order valence-corrected chi connectivity index (χ2v) is 6.30. The lowest BCUT2D eigenvalue weighted by atomic mass is 9.76. The van der Waals surface area contributed by atoms with Gasteiger partial charge in [-0.05, 0) is 43.6 Å². The van der Waals surface area contributed by atoms with Gasteiger partial charge in [0.2, 0.25) is 0 Å². The largest absolute Gasteiger partial charge is 0.319 e. The van der Waals surface area contributed by atoms with Gasteiger partial charge in [0, 0.05) is 6.54 Å². The molecule has 0 heterocycles. The Morgan fingerprint density at radius 2 is 1.71 bits per heavy atom. The van der Waals surface area contributed by atoms with E-state index in [0.717, 1.165) is 0 Å². The molecule has 1 aliphatic carbocycles. The van der Waals surface area contributed by atoms with Crippen molar-refractivity contribution < 1.29 is 0 Å². The van der Waals surface area contributed by atoms with Crippen LogP contribution in [0.2, 0.25) is 0 Å². The third-order valence-electron chi connectivity index (χ3n) is 3.62. The van der Waals surface area contributed by atoms with Gasteiger partial charge in [0.1, 0.15) is 0 Å². The Morgan fingerprint density at radius 1 is 1.14 bits per heavy atom. The molecule has 0 aromatic carbocycles. The molecule has 0 bridgehead atoms. The molecule has 0 saturated heterocycles. The number of hydrogen-bond acceptors (Lipinski definition) is 1. The molecule has 84 valence electrons. The van der Waals surface area contributed by atoms with Gasteiger partial charge in [0.15, 0.2) is 0 Å². The molecule has 0 aliphatic heterocycles.